The van der Waals surface area contributed by atoms with E-state index in [1.165, 1.54) is 42.5 Å². The highest BCUT2D eigenvalue weighted by molar-refractivity contribution is 7.89. The SMILES string of the molecule is Cc1ccc(S(=O)(=O)NC(C)c2cccc(OS(=O)(=O)c3ccc(C)cc3)c(=O)c2)cc1. The second kappa shape index (κ2) is 9.23. The molecular weight excluding hydrogens is 450 g/mol. The lowest BCUT2D eigenvalue weighted by molar-refractivity contribution is 0.484. The van der Waals surface area contributed by atoms with Crippen molar-refractivity contribution < 1.29 is 21.0 Å². The molecule has 0 aliphatic heterocycles. The Balaban J connectivity index is 1.85. The molecule has 32 heavy (non-hydrogen) atoms. The molecule has 1 N–H and O–H groups in total. The smallest absolute Gasteiger partial charge is 0.339 e. The van der Waals surface area contributed by atoms with Crippen LogP contribution < -0.4 is 14.3 Å². The van der Waals surface area contributed by atoms with Crippen LogP contribution in [0.15, 0.2) is 87.4 Å². The predicted molar refractivity (Wildman–Crippen MR) is 122 cm³/mol. The predicted octanol–water partition coefficient (Wildman–Crippen LogP) is 3.47. The summed E-state index contributed by atoms with van der Waals surface area (Å²) in [6.07, 6.45) is 0. The van der Waals surface area contributed by atoms with Crippen molar-refractivity contribution in [1.29, 1.82) is 0 Å². The molecule has 3 aromatic carbocycles. The Morgan fingerprint density at radius 2 is 1.31 bits per heavy atom. The summed E-state index contributed by atoms with van der Waals surface area (Å²) >= 11 is 0. The fourth-order valence-corrected chi connectivity index (χ4v) is 5.07. The standard InChI is InChI=1S/C23H23NO6S2/c1-16-7-11-20(12-8-16)31(26,27)24-18(3)19-5-4-6-23(22(25)15-19)30-32(28,29)21-13-9-17(2)10-14-21/h4-15,18,24H,1-3H3. The Morgan fingerprint density at radius 1 is 0.781 bits per heavy atom. The molecule has 1 unspecified atom stereocenters. The van der Waals surface area contributed by atoms with E-state index >= 15 is 0 Å². The average Bonchev–Trinajstić information content (AvgIpc) is 2.89. The number of nitrogens with one attached hydrogen (secondary N) is 1. The molecular formula is C23H23NO6S2. The van der Waals surface area contributed by atoms with Crippen LogP contribution in [-0.2, 0) is 20.1 Å². The largest absolute Gasteiger partial charge is 0.375 e. The maximum absolute atomic E-state index is 12.6. The van der Waals surface area contributed by atoms with Crippen molar-refractivity contribution in [1.82, 2.24) is 4.72 Å². The number of aryl methyl sites for hydroxylation is 2. The maximum Gasteiger partial charge on any atom is 0.339 e. The molecule has 3 aromatic rings. The third-order valence-corrected chi connectivity index (χ3v) is 7.55. The van der Waals surface area contributed by atoms with Crippen LogP contribution >= 0.6 is 0 Å². The minimum absolute atomic E-state index is 0.0755. The first-order chi connectivity index (χ1) is 15.0. The highest BCUT2D eigenvalue weighted by atomic mass is 32.2. The van der Waals surface area contributed by atoms with E-state index in [-0.39, 0.29) is 15.5 Å². The second-order valence-corrected chi connectivity index (χ2v) is 10.7. The normalized spacial score (nSPS) is 12.8. The van der Waals surface area contributed by atoms with Crippen LogP contribution in [0.2, 0.25) is 0 Å². The molecule has 168 valence electrons. The fraction of sp³-hybridized carbons (Fsp3) is 0.174. The maximum atomic E-state index is 12.6. The number of sulfonamides is 1. The lowest BCUT2D eigenvalue weighted by Gasteiger charge is -2.14. The van der Waals surface area contributed by atoms with Crippen LogP contribution in [0, 0.1) is 13.8 Å². The lowest BCUT2D eigenvalue weighted by Crippen LogP contribution is -2.27. The molecule has 9 heteroatoms. The van der Waals surface area contributed by atoms with Gasteiger partial charge in [0.25, 0.3) is 0 Å². The molecule has 0 saturated carbocycles. The lowest BCUT2D eigenvalue weighted by atomic mass is 10.1. The molecule has 0 aliphatic rings. The van der Waals surface area contributed by atoms with Gasteiger partial charge in [-0.05, 0) is 62.7 Å². The van der Waals surface area contributed by atoms with Crippen LogP contribution in [0.5, 0.6) is 5.75 Å². The van der Waals surface area contributed by atoms with Gasteiger partial charge >= 0.3 is 10.1 Å². The third kappa shape index (κ3) is 5.61. The van der Waals surface area contributed by atoms with E-state index in [1.54, 1.807) is 31.2 Å². The zero-order chi connectivity index (χ0) is 23.5. The number of hydrogen-bond donors (Lipinski definition) is 1. The first-order valence-electron chi connectivity index (χ1n) is 9.72. The molecule has 0 radical (unpaired) electrons. The third-order valence-electron chi connectivity index (χ3n) is 4.75. The summed E-state index contributed by atoms with van der Waals surface area (Å²) in [6.45, 7) is 5.26. The number of rotatable bonds is 7. The summed E-state index contributed by atoms with van der Waals surface area (Å²) in [5.74, 6) is -0.384. The molecule has 7 nitrogen and oxygen atoms in total. The molecule has 0 spiro atoms. The topological polar surface area (TPSA) is 107 Å². The van der Waals surface area contributed by atoms with Gasteiger partial charge in [0, 0.05) is 6.04 Å². The molecule has 0 heterocycles. The van der Waals surface area contributed by atoms with Gasteiger partial charge in [-0.2, -0.15) is 8.42 Å². The average molecular weight is 474 g/mol. The van der Waals surface area contributed by atoms with Gasteiger partial charge in [0.2, 0.25) is 15.5 Å². The highest BCUT2D eigenvalue weighted by Gasteiger charge is 2.20. The van der Waals surface area contributed by atoms with Crippen molar-refractivity contribution in [3.8, 4) is 5.75 Å². The van der Waals surface area contributed by atoms with Crippen molar-refractivity contribution in [2.75, 3.05) is 0 Å². The summed E-state index contributed by atoms with van der Waals surface area (Å²) < 4.78 is 57.8. The van der Waals surface area contributed by atoms with Gasteiger partial charge in [-0.25, -0.2) is 13.1 Å². The van der Waals surface area contributed by atoms with Crippen molar-refractivity contribution >= 4 is 20.1 Å². The minimum atomic E-state index is -4.20. The van der Waals surface area contributed by atoms with E-state index in [1.807, 2.05) is 13.8 Å². The summed E-state index contributed by atoms with van der Waals surface area (Å²) in [5.41, 5.74) is 1.47. The molecule has 0 amide bonds. The van der Waals surface area contributed by atoms with E-state index in [9.17, 15) is 21.6 Å². The molecule has 0 aromatic heterocycles. The number of hydrogen-bond acceptors (Lipinski definition) is 6. The van der Waals surface area contributed by atoms with Gasteiger partial charge in [0.1, 0.15) is 4.90 Å². The van der Waals surface area contributed by atoms with Gasteiger partial charge in [-0.1, -0.05) is 47.5 Å². The Bertz CT molecular complexity index is 1380. The number of benzene rings is 2. The Kier molecular flexibility index (Phi) is 6.82. The van der Waals surface area contributed by atoms with Crippen molar-refractivity contribution in [2.24, 2.45) is 0 Å². The monoisotopic (exact) mass is 473 g/mol. The molecule has 0 bridgehead atoms. The van der Waals surface area contributed by atoms with E-state index in [4.69, 9.17) is 4.18 Å². The van der Waals surface area contributed by atoms with E-state index in [0.717, 1.165) is 17.2 Å². The van der Waals surface area contributed by atoms with Crippen LogP contribution in [0.1, 0.15) is 29.7 Å². The van der Waals surface area contributed by atoms with E-state index < -0.39 is 31.6 Å². The van der Waals surface area contributed by atoms with Crippen LogP contribution in [0.4, 0.5) is 0 Å². The van der Waals surface area contributed by atoms with Crippen LogP contribution in [0.25, 0.3) is 0 Å². The molecule has 0 aliphatic carbocycles. The van der Waals surface area contributed by atoms with Gasteiger partial charge in [0.15, 0.2) is 5.75 Å². The zero-order valence-electron chi connectivity index (χ0n) is 17.8. The Morgan fingerprint density at radius 3 is 1.88 bits per heavy atom. The van der Waals surface area contributed by atoms with Crippen molar-refractivity contribution in [3.05, 3.63) is 99.7 Å². The fourth-order valence-electron chi connectivity index (χ4n) is 2.90. The van der Waals surface area contributed by atoms with E-state index in [0.29, 0.717) is 5.56 Å². The Hall–Kier alpha value is -3.01. The second-order valence-electron chi connectivity index (χ2n) is 7.41. The molecule has 0 saturated heterocycles. The zero-order valence-corrected chi connectivity index (χ0v) is 19.4. The van der Waals surface area contributed by atoms with Crippen molar-refractivity contribution in [2.45, 2.75) is 36.6 Å². The summed E-state index contributed by atoms with van der Waals surface area (Å²) in [4.78, 5) is 12.6. The first kappa shape index (κ1) is 23.6. The first-order valence-corrected chi connectivity index (χ1v) is 12.6. The van der Waals surface area contributed by atoms with Gasteiger partial charge in [-0.3, -0.25) is 4.79 Å². The van der Waals surface area contributed by atoms with Crippen LogP contribution in [0.3, 0.4) is 0 Å². The summed E-state index contributed by atoms with van der Waals surface area (Å²) in [7, 11) is -8.01. The molecule has 0 fully saturated rings. The summed E-state index contributed by atoms with van der Waals surface area (Å²) in [5, 5.41) is 0. The minimum Gasteiger partial charge on any atom is -0.375 e. The Labute approximate surface area is 187 Å². The molecule has 3 rings (SSSR count). The highest BCUT2D eigenvalue weighted by Crippen LogP contribution is 2.19. The van der Waals surface area contributed by atoms with Gasteiger partial charge in [-0.15, -0.1) is 0 Å². The molecule has 1 atom stereocenters. The quantitative estimate of drug-likeness (QED) is 0.527. The summed E-state index contributed by atoms with van der Waals surface area (Å²) in [6, 6.07) is 17.0. The van der Waals surface area contributed by atoms with Gasteiger partial charge < -0.3 is 4.18 Å². The van der Waals surface area contributed by atoms with Crippen molar-refractivity contribution in [3.63, 3.8) is 0 Å². The van der Waals surface area contributed by atoms with Gasteiger partial charge in [0.05, 0.1) is 4.90 Å². The van der Waals surface area contributed by atoms with E-state index in [2.05, 4.69) is 4.72 Å². The van der Waals surface area contributed by atoms with Crippen LogP contribution in [-0.4, -0.2) is 16.8 Å².